The molecule has 2 aromatic rings. The summed E-state index contributed by atoms with van der Waals surface area (Å²) in [5.41, 5.74) is 2.75. The van der Waals surface area contributed by atoms with Crippen molar-refractivity contribution in [1.82, 2.24) is 10.2 Å². The Morgan fingerprint density at radius 3 is 1.92 bits per heavy atom. The van der Waals surface area contributed by atoms with Gasteiger partial charge in [0.15, 0.2) is 0 Å². The molecule has 1 N–H and O–H groups in total. The fraction of sp³-hybridized carbons (Fsp3) is 0.552. The van der Waals surface area contributed by atoms with Gasteiger partial charge in [-0.3, -0.25) is 0 Å². The number of hydrogen-bond donors (Lipinski definition) is 1. The highest BCUT2D eigenvalue weighted by molar-refractivity contribution is 5.68. The quantitative estimate of drug-likeness (QED) is 0.570. The van der Waals surface area contributed by atoms with Crippen LogP contribution in [0.5, 0.6) is 0 Å². The molecule has 2 aliphatic rings. The smallest absolute Gasteiger partial charge is 0.410 e. The first kappa shape index (κ1) is 28.7. The molecule has 37 heavy (non-hydrogen) atoms. The van der Waals surface area contributed by atoms with E-state index in [2.05, 4.69) is 15.1 Å². The summed E-state index contributed by atoms with van der Waals surface area (Å²) >= 11 is 0. The van der Waals surface area contributed by atoms with Gasteiger partial charge < -0.3 is 24.8 Å². The van der Waals surface area contributed by atoms with Crippen LogP contribution in [0.3, 0.4) is 0 Å². The van der Waals surface area contributed by atoms with Gasteiger partial charge in [0, 0.05) is 57.2 Å². The Labute approximate surface area is 220 Å². The minimum absolute atomic E-state index is 0.107. The SMILES string of the molecule is Cc1ccc(N2CCCN(C(=O)OC(C)(C)C)CC2)cc1F.Cc1ccc(N2CCCNCC2)cc1F. The van der Waals surface area contributed by atoms with Crippen LogP contribution in [0.1, 0.15) is 44.7 Å². The van der Waals surface area contributed by atoms with Crippen LogP contribution in [0.2, 0.25) is 0 Å². The van der Waals surface area contributed by atoms with Crippen molar-refractivity contribution >= 4 is 17.5 Å². The Morgan fingerprint density at radius 1 is 0.784 bits per heavy atom. The van der Waals surface area contributed by atoms with Gasteiger partial charge in [-0.1, -0.05) is 12.1 Å². The molecule has 2 aromatic carbocycles. The molecular formula is C29H42F2N4O2. The fourth-order valence-electron chi connectivity index (χ4n) is 4.35. The number of aryl methyl sites for hydroxylation is 2. The molecule has 0 radical (unpaired) electrons. The molecule has 2 aliphatic heterocycles. The third-order valence-corrected chi connectivity index (χ3v) is 6.53. The zero-order valence-corrected chi connectivity index (χ0v) is 22.9. The second-order valence-electron chi connectivity index (χ2n) is 10.8. The number of rotatable bonds is 2. The first-order chi connectivity index (χ1) is 17.5. The number of carbonyl (C=O) groups is 1. The fourth-order valence-corrected chi connectivity index (χ4v) is 4.35. The number of halogens is 2. The molecule has 8 heteroatoms. The van der Waals surface area contributed by atoms with Gasteiger partial charge >= 0.3 is 6.09 Å². The number of anilines is 2. The molecule has 2 heterocycles. The van der Waals surface area contributed by atoms with E-state index in [1.807, 2.05) is 39.0 Å². The number of hydrogen-bond acceptors (Lipinski definition) is 5. The Kier molecular flexibility index (Phi) is 10.1. The second kappa shape index (κ2) is 13.1. The number of amides is 1. The third kappa shape index (κ3) is 8.88. The molecule has 0 spiro atoms. The van der Waals surface area contributed by atoms with Crippen molar-refractivity contribution < 1.29 is 18.3 Å². The molecule has 0 saturated carbocycles. The van der Waals surface area contributed by atoms with Crippen LogP contribution in [0.15, 0.2) is 36.4 Å². The third-order valence-electron chi connectivity index (χ3n) is 6.53. The Hall–Kier alpha value is -2.87. The minimum atomic E-state index is -0.483. The molecule has 0 bridgehead atoms. The van der Waals surface area contributed by atoms with E-state index in [0.29, 0.717) is 30.8 Å². The molecule has 6 nitrogen and oxygen atoms in total. The summed E-state index contributed by atoms with van der Waals surface area (Å²) in [5.74, 6) is -0.296. The monoisotopic (exact) mass is 516 g/mol. The van der Waals surface area contributed by atoms with Crippen molar-refractivity contribution in [2.75, 3.05) is 62.2 Å². The summed E-state index contributed by atoms with van der Waals surface area (Å²) in [6.45, 7) is 15.9. The van der Waals surface area contributed by atoms with E-state index in [1.54, 1.807) is 36.9 Å². The number of nitrogens with zero attached hydrogens (tertiary/aromatic N) is 3. The predicted molar refractivity (Wildman–Crippen MR) is 147 cm³/mol. The van der Waals surface area contributed by atoms with Gasteiger partial charge in [-0.05, 0) is 89.4 Å². The molecule has 0 aliphatic carbocycles. The van der Waals surface area contributed by atoms with Gasteiger partial charge in [-0.25, -0.2) is 13.6 Å². The average molecular weight is 517 g/mol. The lowest BCUT2D eigenvalue weighted by Crippen LogP contribution is -2.39. The summed E-state index contributed by atoms with van der Waals surface area (Å²) in [7, 11) is 0. The maximum Gasteiger partial charge on any atom is 0.410 e. The number of carbonyl (C=O) groups excluding carboxylic acids is 1. The first-order valence-electron chi connectivity index (χ1n) is 13.2. The van der Waals surface area contributed by atoms with Crippen molar-refractivity contribution in [1.29, 1.82) is 0 Å². The van der Waals surface area contributed by atoms with Crippen molar-refractivity contribution in [2.24, 2.45) is 0 Å². The molecule has 204 valence electrons. The van der Waals surface area contributed by atoms with Crippen LogP contribution in [-0.4, -0.2) is 69.0 Å². The van der Waals surface area contributed by atoms with Crippen LogP contribution in [0.25, 0.3) is 0 Å². The van der Waals surface area contributed by atoms with Crippen molar-refractivity contribution in [3.05, 3.63) is 59.2 Å². The molecule has 0 atom stereocenters. The first-order valence-corrected chi connectivity index (χ1v) is 13.2. The number of ether oxygens (including phenoxy) is 1. The lowest BCUT2D eigenvalue weighted by molar-refractivity contribution is 0.0263. The zero-order chi connectivity index (χ0) is 27.0. The van der Waals surface area contributed by atoms with E-state index >= 15 is 0 Å². The molecule has 2 saturated heterocycles. The number of nitrogens with one attached hydrogen (secondary N) is 1. The van der Waals surface area contributed by atoms with E-state index in [9.17, 15) is 13.6 Å². The van der Waals surface area contributed by atoms with Crippen molar-refractivity contribution in [2.45, 2.75) is 53.1 Å². The maximum atomic E-state index is 13.7. The van der Waals surface area contributed by atoms with E-state index in [0.717, 1.165) is 56.9 Å². The Bertz CT molecular complexity index is 1030. The summed E-state index contributed by atoms with van der Waals surface area (Å²) < 4.78 is 32.5. The van der Waals surface area contributed by atoms with E-state index < -0.39 is 5.60 Å². The van der Waals surface area contributed by atoms with Gasteiger partial charge in [-0.15, -0.1) is 0 Å². The van der Waals surface area contributed by atoms with Crippen LogP contribution in [0.4, 0.5) is 25.0 Å². The molecule has 0 unspecified atom stereocenters. The second-order valence-corrected chi connectivity index (χ2v) is 10.8. The molecule has 1 amide bonds. The van der Waals surface area contributed by atoms with Crippen LogP contribution in [0, 0.1) is 25.5 Å². The van der Waals surface area contributed by atoms with E-state index in [-0.39, 0.29) is 17.7 Å². The van der Waals surface area contributed by atoms with Crippen molar-refractivity contribution in [3.8, 4) is 0 Å². The van der Waals surface area contributed by atoms with Gasteiger partial charge in [-0.2, -0.15) is 0 Å². The van der Waals surface area contributed by atoms with Crippen LogP contribution < -0.4 is 15.1 Å². The highest BCUT2D eigenvalue weighted by atomic mass is 19.1. The van der Waals surface area contributed by atoms with E-state index in [4.69, 9.17) is 4.74 Å². The van der Waals surface area contributed by atoms with Gasteiger partial charge in [0.1, 0.15) is 17.2 Å². The van der Waals surface area contributed by atoms with Crippen molar-refractivity contribution in [3.63, 3.8) is 0 Å². The minimum Gasteiger partial charge on any atom is -0.444 e. The Morgan fingerprint density at radius 2 is 1.35 bits per heavy atom. The lowest BCUT2D eigenvalue weighted by Gasteiger charge is -2.27. The van der Waals surface area contributed by atoms with E-state index in [1.165, 1.54) is 0 Å². The molecule has 2 fully saturated rings. The summed E-state index contributed by atoms with van der Waals surface area (Å²) in [6, 6.07) is 10.8. The summed E-state index contributed by atoms with van der Waals surface area (Å²) in [4.78, 5) is 18.2. The lowest BCUT2D eigenvalue weighted by atomic mass is 10.2. The zero-order valence-electron chi connectivity index (χ0n) is 22.9. The largest absolute Gasteiger partial charge is 0.444 e. The highest BCUT2D eigenvalue weighted by Gasteiger charge is 2.24. The summed E-state index contributed by atoms with van der Waals surface area (Å²) in [6.07, 6.45) is 1.69. The van der Waals surface area contributed by atoms with Gasteiger partial charge in [0.05, 0.1) is 0 Å². The normalized spacial score (nSPS) is 16.9. The average Bonchev–Trinajstić information content (AvgIpc) is 3.26. The summed E-state index contributed by atoms with van der Waals surface area (Å²) in [5, 5.41) is 3.34. The van der Waals surface area contributed by atoms with Gasteiger partial charge in [0.2, 0.25) is 0 Å². The standard InChI is InChI=1S/C17H25FN2O2.C12H17FN2/c1-13-6-7-14(12-15(13)18)19-8-5-9-20(11-10-19)16(21)22-17(2,3)4;1-10-3-4-11(9-12(10)13)15-7-2-5-14-6-8-15/h6-7,12H,5,8-11H2,1-4H3;3-4,9,14H,2,5-8H2,1H3. The topological polar surface area (TPSA) is 48.1 Å². The maximum absolute atomic E-state index is 13.7. The predicted octanol–water partition coefficient (Wildman–Crippen LogP) is 5.52. The Balaban J connectivity index is 0.000000220. The molecular weight excluding hydrogens is 474 g/mol. The van der Waals surface area contributed by atoms with Gasteiger partial charge in [0.25, 0.3) is 0 Å². The molecule has 4 rings (SSSR count). The number of benzene rings is 2. The van der Waals surface area contributed by atoms with Crippen LogP contribution >= 0.6 is 0 Å². The van der Waals surface area contributed by atoms with Crippen LogP contribution in [-0.2, 0) is 4.74 Å². The highest BCUT2D eigenvalue weighted by Crippen LogP contribution is 2.21. The molecule has 0 aromatic heterocycles.